The van der Waals surface area contributed by atoms with E-state index >= 15 is 0 Å². The van der Waals surface area contributed by atoms with Crippen molar-refractivity contribution in [2.24, 2.45) is 5.92 Å². The molecule has 1 N–H and O–H groups in total. The number of rotatable bonds is 10. The lowest BCUT2D eigenvalue weighted by molar-refractivity contribution is 0.189. The van der Waals surface area contributed by atoms with Crippen LogP contribution in [0.25, 0.3) is 0 Å². The molecule has 19 heavy (non-hydrogen) atoms. The van der Waals surface area contributed by atoms with Crippen LogP contribution in [0.3, 0.4) is 0 Å². The molecule has 0 aliphatic rings. The van der Waals surface area contributed by atoms with Crippen LogP contribution in [0.15, 0.2) is 30.3 Å². The molecule has 0 aliphatic heterocycles. The van der Waals surface area contributed by atoms with E-state index in [1.54, 1.807) is 7.11 Å². The Kier molecular flexibility index (Phi) is 8.52. The van der Waals surface area contributed by atoms with Gasteiger partial charge >= 0.3 is 0 Å². The topological polar surface area (TPSA) is 21.3 Å². The molecule has 2 nitrogen and oxygen atoms in total. The van der Waals surface area contributed by atoms with E-state index in [0.29, 0.717) is 12.0 Å². The fraction of sp³-hybridized carbons (Fsp3) is 0.647. The molecule has 0 saturated heterocycles. The molecule has 1 aromatic rings. The highest BCUT2D eigenvalue weighted by molar-refractivity contribution is 5.19. The zero-order valence-electron chi connectivity index (χ0n) is 12.7. The summed E-state index contributed by atoms with van der Waals surface area (Å²) in [5, 5.41) is 3.70. The molecule has 0 fully saturated rings. The summed E-state index contributed by atoms with van der Waals surface area (Å²) in [6.45, 7) is 6.54. The van der Waals surface area contributed by atoms with Crippen molar-refractivity contribution in [3.63, 3.8) is 0 Å². The van der Waals surface area contributed by atoms with Crippen molar-refractivity contribution in [1.82, 2.24) is 5.32 Å². The van der Waals surface area contributed by atoms with E-state index in [2.05, 4.69) is 49.5 Å². The molecule has 0 spiro atoms. The van der Waals surface area contributed by atoms with E-state index in [1.165, 1.54) is 24.8 Å². The van der Waals surface area contributed by atoms with Gasteiger partial charge in [0.2, 0.25) is 0 Å². The van der Waals surface area contributed by atoms with Crippen LogP contribution in [-0.4, -0.2) is 20.3 Å². The van der Waals surface area contributed by atoms with E-state index in [4.69, 9.17) is 4.74 Å². The van der Waals surface area contributed by atoms with E-state index < -0.39 is 0 Å². The summed E-state index contributed by atoms with van der Waals surface area (Å²) in [5.41, 5.74) is 1.41. The van der Waals surface area contributed by atoms with Crippen LogP contribution in [0.1, 0.15) is 51.1 Å². The minimum atomic E-state index is 0.476. The smallest absolute Gasteiger partial charge is 0.0462 e. The largest absolute Gasteiger partial charge is 0.385 e. The molecular formula is C17H29NO. The molecule has 0 bridgehead atoms. The van der Waals surface area contributed by atoms with Crippen LogP contribution >= 0.6 is 0 Å². The van der Waals surface area contributed by atoms with Crippen LogP contribution < -0.4 is 5.32 Å². The maximum absolute atomic E-state index is 5.12. The first-order chi connectivity index (χ1) is 9.29. The van der Waals surface area contributed by atoms with E-state index in [9.17, 15) is 0 Å². The summed E-state index contributed by atoms with van der Waals surface area (Å²) in [7, 11) is 1.78. The van der Waals surface area contributed by atoms with E-state index in [1.807, 2.05) is 0 Å². The summed E-state index contributed by atoms with van der Waals surface area (Å²) < 4.78 is 5.12. The summed E-state index contributed by atoms with van der Waals surface area (Å²) in [4.78, 5) is 0. The molecule has 1 aromatic carbocycles. The second-order valence-electron chi connectivity index (χ2n) is 5.31. The predicted molar refractivity (Wildman–Crippen MR) is 82.4 cm³/mol. The second-order valence-corrected chi connectivity index (χ2v) is 5.31. The molecule has 0 aromatic heterocycles. The normalized spacial score (nSPS) is 14.3. The molecule has 1 rings (SSSR count). The Morgan fingerprint density at radius 2 is 1.89 bits per heavy atom. The number of methoxy groups -OCH3 is 1. The highest BCUT2D eigenvalue weighted by Gasteiger charge is 2.17. The van der Waals surface area contributed by atoms with Gasteiger partial charge in [0, 0.05) is 19.8 Å². The lowest BCUT2D eigenvalue weighted by Crippen LogP contribution is -2.27. The minimum absolute atomic E-state index is 0.476. The van der Waals surface area contributed by atoms with Gasteiger partial charge in [-0.05, 0) is 37.3 Å². The molecule has 108 valence electrons. The average Bonchev–Trinajstić information content (AvgIpc) is 2.45. The van der Waals surface area contributed by atoms with Gasteiger partial charge in [0.25, 0.3) is 0 Å². The quantitative estimate of drug-likeness (QED) is 0.639. The average molecular weight is 263 g/mol. The molecule has 0 heterocycles. The monoisotopic (exact) mass is 263 g/mol. The summed E-state index contributed by atoms with van der Waals surface area (Å²) in [5.74, 6) is 0.658. The van der Waals surface area contributed by atoms with Gasteiger partial charge in [0.05, 0.1) is 0 Å². The van der Waals surface area contributed by atoms with Crippen molar-refractivity contribution in [3.8, 4) is 0 Å². The lowest BCUT2D eigenvalue weighted by atomic mass is 9.90. The molecular weight excluding hydrogens is 234 g/mol. The van der Waals surface area contributed by atoms with Crippen molar-refractivity contribution in [2.75, 3.05) is 20.3 Å². The number of hydrogen-bond acceptors (Lipinski definition) is 2. The predicted octanol–water partition coefficient (Wildman–Crippen LogP) is 4.18. The van der Waals surface area contributed by atoms with Gasteiger partial charge in [-0.2, -0.15) is 0 Å². The fourth-order valence-electron chi connectivity index (χ4n) is 2.49. The van der Waals surface area contributed by atoms with Crippen molar-refractivity contribution < 1.29 is 4.74 Å². The molecule has 2 atom stereocenters. The Bertz CT molecular complexity index is 312. The molecule has 2 unspecified atom stereocenters. The SMILES string of the molecule is CCCNC(c1ccccc1)C(C)CCCCOC. The number of nitrogens with one attached hydrogen (secondary N) is 1. The van der Waals surface area contributed by atoms with E-state index in [-0.39, 0.29) is 0 Å². The zero-order chi connectivity index (χ0) is 13.9. The molecule has 0 aliphatic carbocycles. The maximum Gasteiger partial charge on any atom is 0.0462 e. The van der Waals surface area contributed by atoms with Gasteiger partial charge in [0.1, 0.15) is 0 Å². The van der Waals surface area contributed by atoms with Crippen LogP contribution in [0, 0.1) is 5.92 Å². The highest BCUT2D eigenvalue weighted by Crippen LogP contribution is 2.25. The lowest BCUT2D eigenvalue weighted by Gasteiger charge is -2.26. The Labute approximate surface area is 118 Å². The molecule has 0 radical (unpaired) electrons. The van der Waals surface area contributed by atoms with Gasteiger partial charge in [0.15, 0.2) is 0 Å². The maximum atomic E-state index is 5.12. The van der Waals surface area contributed by atoms with Gasteiger partial charge in [-0.25, -0.2) is 0 Å². The zero-order valence-corrected chi connectivity index (χ0v) is 12.7. The molecule has 0 amide bonds. The van der Waals surface area contributed by atoms with Crippen molar-refractivity contribution >= 4 is 0 Å². The van der Waals surface area contributed by atoms with E-state index in [0.717, 1.165) is 19.6 Å². The molecule has 2 heteroatoms. The first kappa shape index (κ1) is 16.2. The number of hydrogen-bond donors (Lipinski definition) is 1. The number of unbranched alkanes of at least 4 members (excludes halogenated alkanes) is 1. The first-order valence-electron chi connectivity index (χ1n) is 7.56. The Morgan fingerprint density at radius 1 is 1.16 bits per heavy atom. The summed E-state index contributed by atoms with van der Waals surface area (Å²) in [6, 6.07) is 11.3. The minimum Gasteiger partial charge on any atom is -0.385 e. The third-order valence-electron chi connectivity index (χ3n) is 3.60. The van der Waals surface area contributed by atoms with Crippen LogP contribution in [0.5, 0.6) is 0 Å². The number of ether oxygens (including phenoxy) is 1. The van der Waals surface area contributed by atoms with Gasteiger partial charge < -0.3 is 10.1 Å². The third kappa shape index (κ3) is 6.22. The number of benzene rings is 1. The Morgan fingerprint density at radius 3 is 2.53 bits per heavy atom. The first-order valence-corrected chi connectivity index (χ1v) is 7.56. The van der Waals surface area contributed by atoms with Gasteiger partial charge in [-0.1, -0.05) is 50.6 Å². The highest BCUT2D eigenvalue weighted by atomic mass is 16.5. The van der Waals surface area contributed by atoms with Crippen molar-refractivity contribution in [3.05, 3.63) is 35.9 Å². The van der Waals surface area contributed by atoms with Gasteiger partial charge in [-0.15, -0.1) is 0 Å². The van der Waals surface area contributed by atoms with Crippen LogP contribution in [0.4, 0.5) is 0 Å². The Hall–Kier alpha value is -0.860. The summed E-state index contributed by atoms with van der Waals surface area (Å²) in [6.07, 6.45) is 4.83. The van der Waals surface area contributed by atoms with Gasteiger partial charge in [-0.3, -0.25) is 0 Å². The van der Waals surface area contributed by atoms with Crippen molar-refractivity contribution in [1.29, 1.82) is 0 Å². The fourth-order valence-corrected chi connectivity index (χ4v) is 2.49. The molecule has 0 saturated carbocycles. The summed E-state index contributed by atoms with van der Waals surface area (Å²) >= 11 is 0. The van der Waals surface area contributed by atoms with Crippen molar-refractivity contribution in [2.45, 2.75) is 45.6 Å². The second kappa shape index (κ2) is 9.99. The van der Waals surface area contributed by atoms with Crippen LogP contribution in [0.2, 0.25) is 0 Å². The Balaban J connectivity index is 2.53. The van der Waals surface area contributed by atoms with Crippen LogP contribution in [-0.2, 0) is 4.74 Å². The standard InChI is InChI=1S/C17H29NO/c1-4-13-18-17(16-11-6-5-7-12-16)15(2)10-8-9-14-19-3/h5-7,11-12,15,17-18H,4,8-10,13-14H2,1-3H3. The third-order valence-corrected chi connectivity index (χ3v) is 3.60.